The SMILES string of the molecule is c1ccc(-n2c3ccccc3c3cc(-c4nc5n(-c6ccccc6)c6ccccc6n5c4-c4ccc5c(c4)c4ccccc4n5-c4ccccc4)ccc32)cc1. The standard InChI is InChI=1S/C51H33N5/c1-4-16-36(17-5-1)53-43-24-12-10-22-39(43)41-32-34(28-30-45(41)53)49-50(56-48-27-15-14-26-47(48)55(51(56)52-49)38-20-8-3-9-21-38)35-29-31-46-42(33-35)40-23-11-13-25-44(40)54(46)37-18-6-2-7-19-37/h1-33H. The van der Waals surface area contributed by atoms with Crippen LogP contribution >= 0.6 is 0 Å². The molecule has 0 radical (unpaired) electrons. The Labute approximate surface area is 322 Å². The molecule has 0 saturated carbocycles. The number of hydrogen-bond donors (Lipinski definition) is 0. The van der Waals surface area contributed by atoms with Crippen molar-refractivity contribution in [2.75, 3.05) is 0 Å². The average Bonchev–Trinajstić information content (AvgIpc) is 4.00. The molecule has 0 amide bonds. The monoisotopic (exact) mass is 715 g/mol. The number of aromatic nitrogens is 5. The van der Waals surface area contributed by atoms with Gasteiger partial charge < -0.3 is 9.13 Å². The lowest BCUT2D eigenvalue weighted by Gasteiger charge is -2.10. The number of rotatable bonds is 5. The summed E-state index contributed by atoms with van der Waals surface area (Å²) in [5, 5.41) is 4.84. The quantitative estimate of drug-likeness (QED) is 0.175. The first-order chi connectivity index (χ1) is 27.8. The van der Waals surface area contributed by atoms with E-state index in [0.29, 0.717) is 0 Å². The zero-order valence-electron chi connectivity index (χ0n) is 30.3. The molecule has 0 saturated heterocycles. The van der Waals surface area contributed by atoms with E-state index in [9.17, 15) is 0 Å². The Kier molecular flexibility index (Phi) is 6.56. The van der Waals surface area contributed by atoms with Crippen LogP contribution in [0.15, 0.2) is 200 Å². The van der Waals surface area contributed by atoms with Crippen molar-refractivity contribution in [1.82, 2.24) is 23.1 Å². The number of hydrogen-bond acceptors (Lipinski definition) is 1. The van der Waals surface area contributed by atoms with Crippen LogP contribution in [0, 0.1) is 0 Å². The van der Waals surface area contributed by atoms with Gasteiger partial charge in [0, 0.05) is 49.7 Å². The van der Waals surface area contributed by atoms with Gasteiger partial charge in [0.1, 0.15) is 0 Å². The molecule has 0 spiro atoms. The Hall–Kier alpha value is -7.63. The first-order valence-electron chi connectivity index (χ1n) is 19.1. The van der Waals surface area contributed by atoms with Crippen LogP contribution in [0.2, 0.25) is 0 Å². The first kappa shape index (κ1) is 30.8. The Morgan fingerprint density at radius 3 is 1.27 bits per heavy atom. The predicted molar refractivity (Wildman–Crippen MR) is 232 cm³/mol. The molecule has 0 aliphatic heterocycles. The Bertz CT molecular complexity index is 3460. The molecule has 0 fully saturated rings. The molecule has 12 aromatic rings. The van der Waals surface area contributed by atoms with Crippen molar-refractivity contribution in [1.29, 1.82) is 0 Å². The fourth-order valence-corrected chi connectivity index (χ4v) is 8.99. The summed E-state index contributed by atoms with van der Waals surface area (Å²) in [7, 11) is 0. The van der Waals surface area contributed by atoms with Crippen molar-refractivity contribution < 1.29 is 0 Å². The van der Waals surface area contributed by atoms with Gasteiger partial charge in [0.15, 0.2) is 0 Å². The smallest absolute Gasteiger partial charge is 0.220 e. The highest BCUT2D eigenvalue weighted by Gasteiger charge is 2.25. The van der Waals surface area contributed by atoms with Gasteiger partial charge in [-0.25, -0.2) is 4.98 Å². The number of nitrogens with zero attached hydrogens (tertiary/aromatic N) is 5. The molecule has 12 rings (SSSR count). The summed E-state index contributed by atoms with van der Waals surface area (Å²) in [6.07, 6.45) is 0. The molecular formula is C51H33N5. The second kappa shape index (κ2) is 11.9. The van der Waals surface area contributed by atoms with Gasteiger partial charge in [-0.15, -0.1) is 0 Å². The summed E-state index contributed by atoms with van der Waals surface area (Å²) in [5.74, 6) is 0.876. The first-order valence-corrected chi connectivity index (χ1v) is 19.1. The fraction of sp³-hybridized carbons (Fsp3) is 0. The van der Waals surface area contributed by atoms with E-state index < -0.39 is 0 Å². The molecule has 0 unspecified atom stereocenters. The zero-order chi connectivity index (χ0) is 36.7. The van der Waals surface area contributed by atoms with Gasteiger partial charge in [0.25, 0.3) is 0 Å². The summed E-state index contributed by atoms with van der Waals surface area (Å²) in [4.78, 5) is 5.63. The second-order valence-corrected chi connectivity index (χ2v) is 14.4. The average molecular weight is 716 g/mol. The summed E-state index contributed by atoms with van der Waals surface area (Å²) in [6, 6.07) is 71.8. The molecule has 4 aromatic heterocycles. The van der Waals surface area contributed by atoms with Gasteiger partial charge in [-0.1, -0.05) is 115 Å². The third-order valence-corrected chi connectivity index (χ3v) is 11.4. The topological polar surface area (TPSA) is 32.1 Å². The fourth-order valence-electron chi connectivity index (χ4n) is 8.99. The minimum absolute atomic E-state index is 0.876. The van der Waals surface area contributed by atoms with Crippen molar-refractivity contribution in [3.05, 3.63) is 200 Å². The van der Waals surface area contributed by atoms with Crippen molar-refractivity contribution in [3.63, 3.8) is 0 Å². The van der Waals surface area contributed by atoms with Gasteiger partial charge in [-0.05, 0) is 84.9 Å². The molecule has 0 N–H and O–H groups in total. The summed E-state index contributed by atoms with van der Waals surface area (Å²) in [6.45, 7) is 0. The van der Waals surface area contributed by atoms with Crippen LogP contribution in [0.5, 0.6) is 0 Å². The molecule has 0 aliphatic rings. The highest BCUT2D eigenvalue weighted by Crippen LogP contribution is 2.42. The van der Waals surface area contributed by atoms with Crippen LogP contribution in [0.25, 0.3) is 100.0 Å². The van der Waals surface area contributed by atoms with E-state index in [-0.39, 0.29) is 0 Å². The van der Waals surface area contributed by atoms with E-state index in [2.05, 4.69) is 218 Å². The largest absolute Gasteiger partial charge is 0.309 e. The van der Waals surface area contributed by atoms with Gasteiger partial charge in [-0.3, -0.25) is 8.97 Å². The van der Waals surface area contributed by atoms with Gasteiger partial charge in [-0.2, -0.15) is 0 Å². The summed E-state index contributed by atoms with van der Waals surface area (Å²) < 4.78 is 9.40. The minimum Gasteiger partial charge on any atom is -0.309 e. The second-order valence-electron chi connectivity index (χ2n) is 14.4. The molecule has 5 nitrogen and oxygen atoms in total. The molecule has 56 heavy (non-hydrogen) atoms. The number of fused-ring (bicyclic) bond motifs is 9. The Morgan fingerprint density at radius 2 is 0.714 bits per heavy atom. The minimum atomic E-state index is 0.876. The zero-order valence-corrected chi connectivity index (χ0v) is 30.3. The van der Waals surface area contributed by atoms with E-state index in [1.165, 1.54) is 43.6 Å². The molecule has 0 bridgehead atoms. The van der Waals surface area contributed by atoms with Crippen molar-refractivity contribution >= 4 is 60.4 Å². The van der Waals surface area contributed by atoms with Crippen LogP contribution < -0.4 is 0 Å². The number of imidazole rings is 2. The number of benzene rings is 8. The maximum Gasteiger partial charge on any atom is 0.220 e. The molecule has 4 heterocycles. The van der Waals surface area contributed by atoms with Crippen LogP contribution in [0.3, 0.4) is 0 Å². The Balaban J connectivity index is 1.18. The van der Waals surface area contributed by atoms with Gasteiger partial charge in [0.2, 0.25) is 5.78 Å². The molecule has 8 aromatic carbocycles. The maximum absolute atomic E-state index is 5.63. The highest BCUT2D eigenvalue weighted by atomic mass is 15.2. The molecule has 0 atom stereocenters. The lowest BCUT2D eigenvalue weighted by molar-refractivity contribution is 1.10. The van der Waals surface area contributed by atoms with Crippen molar-refractivity contribution in [2.45, 2.75) is 0 Å². The normalized spacial score (nSPS) is 11.9. The van der Waals surface area contributed by atoms with E-state index in [1.54, 1.807) is 0 Å². The third kappa shape index (κ3) is 4.39. The highest BCUT2D eigenvalue weighted by molar-refractivity contribution is 6.12. The maximum atomic E-state index is 5.63. The van der Waals surface area contributed by atoms with Crippen LogP contribution in [0.4, 0.5) is 0 Å². The Morgan fingerprint density at radius 1 is 0.304 bits per heavy atom. The van der Waals surface area contributed by atoms with Crippen LogP contribution in [-0.2, 0) is 0 Å². The summed E-state index contributed by atoms with van der Waals surface area (Å²) in [5.41, 5.74) is 14.5. The van der Waals surface area contributed by atoms with E-state index in [4.69, 9.17) is 4.98 Å². The molecule has 5 heteroatoms. The lowest BCUT2D eigenvalue weighted by Crippen LogP contribution is -1.94. The predicted octanol–water partition coefficient (Wildman–Crippen LogP) is 12.8. The third-order valence-electron chi connectivity index (χ3n) is 11.4. The van der Waals surface area contributed by atoms with Gasteiger partial charge in [0.05, 0.1) is 44.5 Å². The lowest BCUT2D eigenvalue weighted by atomic mass is 10.0. The van der Waals surface area contributed by atoms with E-state index >= 15 is 0 Å². The number of para-hydroxylation sites is 7. The summed E-state index contributed by atoms with van der Waals surface area (Å²) >= 11 is 0. The van der Waals surface area contributed by atoms with Crippen LogP contribution in [0.1, 0.15) is 0 Å². The molecule has 0 aliphatic carbocycles. The molecule has 262 valence electrons. The van der Waals surface area contributed by atoms with E-state index in [0.717, 1.165) is 56.4 Å². The molecular weight excluding hydrogens is 683 g/mol. The van der Waals surface area contributed by atoms with Crippen molar-refractivity contribution in [3.8, 4) is 39.6 Å². The van der Waals surface area contributed by atoms with E-state index in [1.807, 2.05) is 0 Å². The van der Waals surface area contributed by atoms with Crippen molar-refractivity contribution in [2.24, 2.45) is 0 Å². The van der Waals surface area contributed by atoms with Crippen LogP contribution in [-0.4, -0.2) is 23.1 Å². The van der Waals surface area contributed by atoms with Gasteiger partial charge >= 0.3 is 0 Å².